The predicted octanol–water partition coefficient (Wildman–Crippen LogP) is 2.61. The number of hydrogen-bond acceptors (Lipinski definition) is 3. The standard InChI is InChI=1S/C20H30N4O2/c1-3-10-24-15(2)17(12-21-24)19(26)22-11-4-8-20(13-22)9-7-18(25)23(14-20)16-5-6-16/h12,16H,3-11,13-14H2,1-2H3/t20-/m0/s1. The van der Waals surface area contributed by atoms with E-state index in [1.807, 2.05) is 16.5 Å². The van der Waals surface area contributed by atoms with Gasteiger partial charge in [-0.25, -0.2) is 0 Å². The highest BCUT2D eigenvalue weighted by Crippen LogP contribution is 2.42. The molecule has 0 bridgehead atoms. The van der Waals surface area contributed by atoms with Crippen molar-refractivity contribution in [3.8, 4) is 0 Å². The van der Waals surface area contributed by atoms with Gasteiger partial charge in [0.25, 0.3) is 5.91 Å². The smallest absolute Gasteiger partial charge is 0.257 e. The number of amides is 2. The van der Waals surface area contributed by atoms with E-state index in [0.717, 1.165) is 76.0 Å². The first kappa shape index (κ1) is 17.6. The maximum Gasteiger partial charge on any atom is 0.257 e. The third-order valence-corrected chi connectivity index (χ3v) is 6.40. The minimum Gasteiger partial charge on any atom is -0.339 e. The molecule has 4 rings (SSSR count). The van der Waals surface area contributed by atoms with Crippen molar-refractivity contribution in [2.75, 3.05) is 19.6 Å². The second-order valence-electron chi connectivity index (χ2n) is 8.45. The Hall–Kier alpha value is -1.85. The largest absolute Gasteiger partial charge is 0.339 e. The number of aryl methyl sites for hydroxylation is 1. The number of aromatic nitrogens is 2. The maximum atomic E-state index is 13.1. The number of rotatable bonds is 4. The Kier molecular flexibility index (Phi) is 4.53. The molecule has 1 spiro atoms. The molecule has 1 aliphatic carbocycles. The number of nitrogens with zero attached hydrogens (tertiary/aromatic N) is 4. The van der Waals surface area contributed by atoms with E-state index >= 15 is 0 Å². The van der Waals surface area contributed by atoms with Gasteiger partial charge in [-0.3, -0.25) is 14.3 Å². The molecule has 6 nitrogen and oxygen atoms in total. The Bertz CT molecular complexity index is 709. The zero-order chi connectivity index (χ0) is 18.3. The zero-order valence-electron chi connectivity index (χ0n) is 16.0. The van der Waals surface area contributed by atoms with Gasteiger partial charge in [-0.15, -0.1) is 0 Å². The van der Waals surface area contributed by atoms with Crippen LogP contribution < -0.4 is 0 Å². The first-order chi connectivity index (χ1) is 12.5. The molecule has 3 heterocycles. The number of carbonyl (C=O) groups is 2. The van der Waals surface area contributed by atoms with Crippen molar-refractivity contribution in [2.24, 2.45) is 5.41 Å². The highest BCUT2D eigenvalue weighted by atomic mass is 16.2. The molecule has 0 unspecified atom stereocenters. The molecule has 1 aromatic rings. The van der Waals surface area contributed by atoms with Crippen LogP contribution in [0.3, 0.4) is 0 Å². The summed E-state index contributed by atoms with van der Waals surface area (Å²) >= 11 is 0. The van der Waals surface area contributed by atoms with E-state index in [9.17, 15) is 9.59 Å². The number of piperidine rings is 2. The topological polar surface area (TPSA) is 58.4 Å². The number of carbonyl (C=O) groups excluding carboxylic acids is 2. The van der Waals surface area contributed by atoms with E-state index < -0.39 is 0 Å². The quantitative estimate of drug-likeness (QED) is 0.831. The van der Waals surface area contributed by atoms with Gasteiger partial charge in [0.2, 0.25) is 5.91 Å². The Morgan fingerprint density at radius 3 is 2.85 bits per heavy atom. The van der Waals surface area contributed by atoms with Crippen LogP contribution in [0.1, 0.15) is 67.9 Å². The van der Waals surface area contributed by atoms with Crippen molar-refractivity contribution in [3.63, 3.8) is 0 Å². The van der Waals surface area contributed by atoms with E-state index in [1.165, 1.54) is 0 Å². The van der Waals surface area contributed by atoms with Crippen LogP contribution in [0, 0.1) is 12.3 Å². The van der Waals surface area contributed by atoms with Crippen LogP contribution in [-0.2, 0) is 11.3 Å². The van der Waals surface area contributed by atoms with Gasteiger partial charge in [0, 0.05) is 49.8 Å². The van der Waals surface area contributed by atoms with Gasteiger partial charge in [0.15, 0.2) is 0 Å². The molecule has 2 aliphatic heterocycles. The van der Waals surface area contributed by atoms with Crippen LogP contribution in [-0.4, -0.2) is 57.1 Å². The summed E-state index contributed by atoms with van der Waals surface area (Å²) < 4.78 is 1.93. The molecule has 0 radical (unpaired) electrons. The lowest BCUT2D eigenvalue weighted by Crippen LogP contribution is -2.55. The summed E-state index contributed by atoms with van der Waals surface area (Å²) in [6, 6.07) is 0.472. The highest BCUT2D eigenvalue weighted by molar-refractivity contribution is 5.95. The first-order valence-corrected chi connectivity index (χ1v) is 10.1. The Labute approximate surface area is 155 Å². The minimum absolute atomic E-state index is 0.0950. The van der Waals surface area contributed by atoms with E-state index in [1.54, 1.807) is 6.20 Å². The molecule has 2 saturated heterocycles. The normalized spacial score (nSPS) is 26.6. The average molecular weight is 358 g/mol. The van der Waals surface area contributed by atoms with Gasteiger partial charge in [0.05, 0.1) is 11.8 Å². The van der Waals surface area contributed by atoms with Crippen molar-refractivity contribution in [3.05, 3.63) is 17.5 Å². The molecule has 3 aliphatic rings. The first-order valence-electron chi connectivity index (χ1n) is 10.1. The molecular formula is C20H30N4O2. The Morgan fingerprint density at radius 2 is 2.12 bits per heavy atom. The maximum absolute atomic E-state index is 13.1. The molecule has 0 N–H and O–H groups in total. The predicted molar refractivity (Wildman–Crippen MR) is 98.8 cm³/mol. The van der Waals surface area contributed by atoms with Crippen molar-refractivity contribution >= 4 is 11.8 Å². The van der Waals surface area contributed by atoms with Gasteiger partial charge < -0.3 is 9.80 Å². The molecule has 1 saturated carbocycles. The van der Waals surface area contributed by atoms with E-state index in [-0.39, 0.29) is 11.3 Å². The van der Waals surface area contributed by atoms with Gasteiger partial charge in [-0.05, 0) is 45.4 Å². The molecule has 26 heavy (non-hydrogen) atoms. The SMILES string of the molecule is CCCn1ncc(C(=O)N2CCC[C@]3(CCC(=O)N(C4CC4)C3)C2)c1C. The third kappa shape index (κ3) is 3.14. The van der Waals surface area contributed by atoms with Crippen LogP contribution in [0.5, 0.6) is 0 Å². The monoisotopic (exact) mass is 358 g/mol. The third-order valence-electron chi connectivity index (χ3n) is 6.40. The number of likely N-dealkylation sites (tertiary alicyclic amines) is 2. The molecule has 1 aromatic heterocycles. The summed E-state index contributed by atoms with van der Waals surface area (Å²) in [7, 11) is 0. The average Bonchev–Trinajstić information content (AvgIpc) is 3.42. The van der Waals surface area contributed by atoms with E-state index in [0.29, 0.717) is 18.4 Å². The minimum atomic E-state index is 0.0950. The van der Waals surface area contributed by atoms with E-state index in [2.05, 4.69) is 16.9 Å². The summed E-state index contributed by atoms with van der Waals surface area (Å²) in [5.41, 5.74) is 1.80. The molecule has 6 heteroatoms. The van der Waals surface area contributed by atoms with Crippen molar-refractivity contribution < 1.29 is 9.59 Å². The number of hydrogen-bond donors (Lipinski definition) is 0. The Balaban J connectivity index is 1.49. The molecular weight excluding hydrogens is 328 g/mol. The molecule has 1 atom stereocenters. The highest BCUT2D eigenvalue weighted by Gasteiger charge is 2.46. The molecule has 142 valence electrons. The molecule has 3 fully saturated rings. The van der Waals surface area contributed by atoms with Crippen LogP contribution in [0.15, 0.2) is 6.20 Å². The summed E-state index contributed by atoms with van der Waals surface area (Å²) in [4.78, 5) is 29.6. The summed E-state index contributed by atoms with van der Waals surface area (Å²) in [6.07, 6.45) is 8.77. The van der Waals surface area contributed by atoms with Gasteiger partial charge in [-0.2, -0.15) is 5.10 Å². The van der Waals surface area contributed by atoms with Gasteiger partial charge >= 0.3 is 0 Å². The fraction of sp³-hybridized carbons (Fsp3) is 0.750. The van der Waals surface area contributed by atoms with Gasteiger partial charge in [0.1, 0.15) is 0 Å². The lowest BCUT2D eigenvalue weighted by molar-refractivity contribution is -0.139. The Morgan fingerprint density at radius 1 is 1.31 bits per heavy atom. The van der Waals surface area contributed by atoms with Crippen molar-refractivity contribution in [1.29, 1.82) is 0 Å². The van der Waals surface area contributed by atoms with Crippen molar-refractivity contribution in [2.45, 2.75) is 71.4 Å². The molecule has 0 aromatic carbocycles. The summed E-state index contributed by atoms with van der Waals surface area (Å²) in [5.74, 6) is 0.428. The summed E-state index contributed by atoms with van der Waals surface area (Å²) in [5, 5.41) is 4.40. The van der Waals surface area contributed by atoms with Crippen LogP contribution in [0.25, 0.3) is 0 Å². The van der Waals surface area contributed by atoms with Gasteiger partial charge in [-0.1, -0.05) is 6.92 Å². The lowest BCUT2D eigenvalue weighted by Gasteiger charge is -2.48. The second kappa shape index (κ2) is 6.71. The van der Waals surface area contributed by atoms with Crippen LogP contribution in [0.4, 0.5) is 0 Å². The van der Waals surface area contributed by atoms with Crippen molar-refractivity contribution in [1.82, 2.24) is 19.6 Å². The fourth-order valence-corrected chi connectivity index (χ4v) is 4.74. The van der Waals surface area contributed by atoms with Crippen LogP contribution >= 0.6 is 0 Å². The van der Waals surface area contributed by atoms with E-state index in [4.69, 9.17) is 0 Å². The van der Waals surface area contributed by atoms with Crippen LogP contribution in [0.2, 0.25) is 0 Å². The molecule has 2 amide bonds. The lowest BCUT2D eigenvalue weighted by atomic mass is 9.73. The second-order valence-corrected chi connectivity index (χ2v) is 8.45. The summed E-state index contributed by atoms with van der Waals surface area (Å²) in [6.45, 7) is 7.39. The zero-order valence-corrected chi connectivity index (χ0v) is 16.0. The fourth-order valence-electron chi connectivity index (χ4n) is 4.74.